The second-order valence-electron chi connectivity index (χ2n) is 4.78. The Morgan fingerprint density at radius 1 is 1.57 bits per heavy atom. The normalized spacial score (nSPS) is 30.6. The van der Waals surface area contributed by atoms with E-state index in [0.29, 0.717) is 26.2 Å². The molecular formula is C10H21NO3. The summed E-state index contributed by atoms with van der Waals surface area (Å²) in [5.41, 5.74) is -1.52. The van der Waals surface area contributed by atoms with Crippen LogP contribution in [-0.2, 0) is 4.74 Å². The summed E-state index contributed by atoms with van der Waals surface area (Å²) in [4.78, 5) is 0. The molecule has 0 bridgehead atoms. The molecule has 0 amide bonds. The molecule has 4 heteroatoms. The average Bonchev–Trinajstić information content (AvgIpc) is 2.47. The molecule has 0 aromatic heterocycles. The van der Waals surface area contributed by atoms with Gasteiger partial charge in [-0.05, 0) is 20.8 Å². The van der Waals surface area contributed by atoms with Gasteiger partial charge in [-0.15, -0.1) is 0 Å². The van der Waals surface area contributed by atoms with E-state index in [1.165, 1.54) is 0 Å². The van der Waals surface area contributed by atoms with Crippen LogP contribution in [0.2, 0.25) is 0 Å². The summed E-state index contributed by atoms with van der Waals surface area (Å²) >= 11 is 0. The third-order valence-corrected chi connectivity index (χ3v) is 2.88. The second-order valence-corrected chi connectivity index (χ2v) is 4.78. The Bertz CT molecular complexity index is 182. The smallest absolute Gasteiger partial charge is 0.103 e. The highest BCUT2D eigenvalue weighted by molar-refractivity contribution is 4.88. The van der Waals surface area contributed by atoms with Gasteiger partial charge in [-0.25, -0.2) is 0 Å². The molecule has 0 saturated carbocycles. The van der Waals surface area contributed by atoms with Crippen LogP contribution in [0.15, 0.2) is 0 Å². The Kier molecular flexibility index (Phi) is 3.53. The van der Waals surface area contributed by atoms with Gasteiger partial charge < -0.3 is 20.3 Å². The lowest BCUT2D eigenvalue weighted by molar-refractivity contribution is 0.00475. The number of rotatable bonds is 4. The van der Waals surface area contributed by atoms with Crippen molar-refractivity contribution in [1.82, 2.24) is 5.32 Å². The molecule has 1 fully saturated rings. The Morgan fingerprint density at radius 2 is 2.21 bits per heavy atom. The van der Waals surface area contributed by atoms with Crippen LogP contribution in [0.1, 0.15) is 27.2 Å². The van der Waals surface area contributed by atoms with Gasteiger partial charge in [0.1, 0.15) is 5.60 Å². The summed E-state index contributed by atoms with van der Waals surface area (Å²) in [5, 5.41) is 22.7. The molecule has 3 N–H and O–H groups in total. The average molecular weight is 203 g/mol. The van der Waals surface area contributed by atoms with Crippen LogP contribution in [0, 0.1) is 0 Å². The molecule has 0 aromatic rings. The van der Waals surface area contributed by atoms with E-state index in [9.17, 15) is 10.2 Å². The van der Waals surface area contributed by atoms with Gasteiger partial charge in [0.25, 0.3) is 0 Å². The van der Waals surface area contributed by atoms with E-state index in [4.69, 9.17) is 4.74 Å². The van der Waals surface area contributed by atoms with Crippen molar-refractivity contribution in [2.45, 2.75) is 44.4 Å². The molecule has 14 heavy (non-hydrogen) atoms. The largest absolute Gasteiger partial charge is 0.389 e. The van der Waals surface area contributed by atoms with Gasteiger partial charge in [0.05, 0.1) is 12.2 Å². The van der Waals surface area contributed by atoms with Crippen LogP contribution in [0.4, 0.5) is 0 Å². The fourth-order valence-electron chi connectivity index (χ4n) is 1.33. The van der Waals surface area contributed by atoms with Crippen LogP contribution >= 0.6 is 0 Å². The van der Waals surface area contributed by atoms with Crippen LogP contribution in [0.25, 0.3) is 0 Å². The number of ether oxygens (including phenoxy) is 1. The van der Waals surface area contributed by atoms with Gasteiger partial charge in [0.2, 0.25) is 0 Å². The Balaban J connectivity index is 2.33. The highest BCUT2D eigenvalue weighted by Gasteiger charge is 2.33. The van der Waals surface area contributed by atoms with Crippen molar-refractivity contribution < 1.29 is 14.9 Å². The van der Waals surface area contributed by atoms with E-state index in [2.05, 4.69) is 5.32 Å². The van der Waals surface area contributed by atoms with Crippen molar-refractivity contribution in [3.05, 3.63) is 0 Å². The van der Waals surface area contributed by atoms with Crippen molar-refractivity contribution in [2.24, 2.45) is 0 Å². The van der Waals surface area contributed by atoms with Gasteiger partial charge >= 0.3 is 0 Å². The van der Waals surface area contributed by atoms with Crippen molar-refractivity contribution in [3.63, 3.8) is 0 Å². The third-order valence-electron chi connectivity index (χ3n) is 2.88. The monoisotopic (exact) mass is 203 g/mol. The predicted molar refractivity (Wildman–Crippen MR) is 54.1 cm³/mol. The van der Waals surface area contributed by atoms with E-state index < -0.39 is 11.2 Å². The van der Waals surface area contributed by atoms with Gasteiger partial charge in [-0.3, -0.25) is 0 Å². The summed E-state index contributed by atoms with van der Waals surface area (Å²) < 4.78 is 5.13. The van der Waals surface area contributed by atoms with Gasteiger partial charge in [-0.2, -0.15) is 0 Å². The second kappa shape index (κ2) is 4.14. The first-order chi connectivity index (χ1) is 6.33. The minimum absolute atomic E-state index is 0.0490. The van der Waals surface area contributed by atoms with Crippen molar-refractivity contribution in [1.29, 1.82) is 0 Å². The molecule has 84 valence electrons. The zero-order valence-corrected chi connectivity index (χ0v) is 9.21. The lowest BCUT2D eigenvalue weighted by atomic mass is 9.98. The topological polar surface area (TPSA) is 61.7 Å². The van der Waals surface area contributed by atoms with Crippen LogP contribution in [-0.4, -0.2) is 47.2 Å². The molecule has 1 aliphatic heterocycles. The Labute approximate surface area is 85.3 Å². The van der Waals surface area contributed by atoms with E-state index in [0.717, 1.165) is 0 Å². The molecule has 1 rings (SSSR count). The molecule has 1 aliphatic rings. The van der Waals surface area contributed by atoms with Crippen molar-refractivity contribution in [3.8, 4) is 0 Å². The lowest BCUT2D eigenvalue weighted by Crippen LogP contribution is -2.51. The number of hydrogen-bond acceptors (Lipinski definition) is 4. The number of aliphatic hydroxyl groups is 2. The molecule has 1 saturated heterocycles. The van der Waals surface area contributed by atoms with E-state index >= 15 is 0 Å². The van der Waals surface area contributed by atoms with Gasteiger partial charge in [-0.1, -0.05) is 0 Å². The first kappa shape index (κ1) is 11.9. The maximum atomic E-state index is 9.94. The fourth-order valence-corrected chi connectivity index (χ4v) is 1.33. The standard InChI is InChI=1S/C10H21NO3/c1-8(9(2,3)12)11-6-10(13)4-5-14-7-10/h8,11-13H,4-7H2,1-3H3. The first-order valence-corrected chi connectivity index (χ1v) is 5.09. The van der Waals surface area contributed by atoms with Crippen LogP contribution in [0.3, 0.4) is 0 Å². The minimum Gasteiger partial charge on any atom is -0.389 e. The van der Waals surface area contributed by atoms with Crippen LogP contribution < -0.4 is 5.32 Å². The molecule has 0 radical (unpaired) electrons. The molecule has 1 heterocycles. The highest BCUT2D eigenvalue weighted by atomic mass is 16.5. The minimum atomic E-state index is -0.768. The molecule has 0 spiro atoms. The molecular weight excluding hydrogens is 182 g/mol. The highest BCUT2D eigenvalue weighted by Crippen LogP contribution is 2.18. The lowest BCUT2D eigenvalue weighted by Gasteiger charge is -2.30. The maximum absolute atomic E-state index is 9.94. The Morgan fingerprint density at radius 3 is 2.64 bits per heavy atom. The maximum Gasteiger partial charge on any atom is 0.103 e. The molecule has 0 aliphatic carbocycles. The SMILES string of the molecule is CC(NCC1(O)CCOC1)C(C)(C)O. The fraction of sp³-hybridized carbons (Fsp3) is 1.00. The molecule has 0 aromatic carbocycles. The first-order valence-electron chi connectivity index (χ1n) is 5.09. The number of nitrogens with one attached hydrogen (secondary N) is 1. The zero-order chi connectivity index (χ0) is 10.8. The van der Waals surface area contributed by atoms with Crippen molar-refractivity contribution >= 4 is 0 Å². The zero-order valence-electron chi connectivity index (χ0n) is 9.21. The summed E-state index contributed by atoms with van der Waals surface area (Å²) in [6.45, 7) is 6.88. The van der Waals surface area contributed by atoms with E-state index in [1.807, 2.05) is 6.92 Å². The quantitative estimate of drug-likeness (QED) is 0.596. The predicted octanol–water partition coefficient (Wildman–Crippen LogP) is -0.113. The van der Waals surface area contributed by atoms with Crippen molar-refractivity contribution in [2.75, 3.05) is 19.8 Å². The molecule has 4 nitrogen and oxygen atoms in total. The summed E-state index contributed by atoms with van der Waals surface area (Å²) in [5.74, 6) is 0. The number of hydrogen-bond donors (Lipinski definition) is 3. The molecule has 2 atom stereocenters. The third kappa shape index (κ3) is 3.20. The summed E-state index contributed by atoms with van der Waals surface area (Å²) in [6, 6.07) is -0.0490. The van der Waals surface area contributed by atoms with Gasteiger partial charge in [0, 0.05) is 25.6 Å². The van der Waals surface area contributed by atoms with Gasteiger partial charge in [0.15, 0.2) is 0 Å². The van der Waals surface area contributed by atoms with E-state index in [1.54, 1.807) is 13.8 Å². The van der Waals surface area contributed by atoms with E-state index in [-0.39, 0.29) is 6.04 Å². The summed E-state index contributed by atoms with van der Waals surface area (Å²) in [7, 11) is 0. The van der Waals surface area contributed by atoms with Crippen LogP contribution in [0.5, 0.6) is 0 Å². The Hall–Kier alpha value is -0.160. The molecule has 2 unspecified atom stereocenters. The summed E-state index contributed by atoms with van der Waals surface area (Å²) in [6.07, 6.45) is 0.665.